The Labute approximate surface area is 157 Å². The second kappa shape index (κ2) is 8.53. The van der Waals surface area contributed by atoms with Crippen molar-refractivity contribution in [3.8, 4) is 11.5 Å². The van der Waals surface area contributed by atoms with Crippen LogP contribution in [0.2, 0.25) is 0 Å². The second-order valence-electron chi connectivity index (χ2n) is 6.73. The van der Waals surface area contributed by atoms with Crippen molar-refractivity contribution >= 4 is 18.1 Å². The number of rotatable bonds is 6. The van der Waals surface area contributed by atoms with Gasteiger partial charge in [-0.05, 0) is 50.6 Å². The molecule has 7 heteroatoms. The van der Waals surface area contributed by atoms with Crippen LogP contribution in [-0.4, -0.2) is 25.1 Å². The minimum atomic E-state index is -0.785. The van der Waals surface area contributed by atoms with Crippen molar-refractivity contribution in [2.45, 2.75) is 33.0 Å². The molecule has 0 fully saturated rings. The van der Waals surface area contributed by atoms with E-state index in [1.807, 2.05) is 0 Å². The maximum absolute atomic E-state index is 14.3. The number of anilines is 1. The van der Waals surface area contributed by atoms with Crippen molar-refractivity contribution in [1.29, 1.82) is 0 Å². The molecule has 1 amide bonds. The molecule has 2 aromatic carbocycles. The summed E-state index contributed by atoms with van der Waals surface area (Å²) >= 11 is 0. The van der Waals surface area contributed by atoms with E-state index in [2.05, 4.69) is 5.32 Å². The highest BCUT2D eigenvalue weighted by Gasteiger charge is 2.17. The molecule has 0 heterocycles. The highest BCUT2D eigenvalue weighted by molar-refractivity contribution is 5.84. The molecule has 0 aromatic heterocycles. The van der Waals surface area contributed by atoms with E-state index in [9.17, 15) is 14.0 Å². The minimum absolute atomic E-state index is 0.0133. The Morgan fingerprint density at radius 2 is 1.96 bits per heavy atom. The van der Waals surface area contributed by atoms with E-state index in [-0.39, 0.29) is 23.7 Å². The second-order valence-corrected chi connectivity index (χ2v) is 6.73. The number of ether oxygens (including phenoxy) is 3. The Kier molecular flexibility index (Phi) is 6.39. The average Bonchev–Trinajstić information content (AvgIpc) is 2.59. The van der Waals surface area contributed by atoms with Crippen LogP contribution in [0.15, 0.2) is 36.4 Å². The van der Waals surface area contributed by atoms with E-state index in [4.69, 9.17) is 14.2 Å². The predicted octanol–water partition coefficient (Wildman–Crippen LogP) is 4.57. The first-order valence-electron chi connectivity index (χ1n) is 8.27. The van der Waals surface area contributed by atoms with Crippen molar-refractivity contribution in [3.63, 3.8) is 0 Å². The third kappa shape index (κ3) is 5.70. The quantitative estimate of drug-likeness (QED) is 0.749. The molecule has 0 unspecified atom stereocenters. The summed E-state index contributed by atoms with van der Waals surface area (Å²) in [4.78, 5) is 22.8. The van der Waals surface area contributed by atoms with Crippen LogP contribution in [-0.2, 0) is 11.3 Å². The molecule has 0 aliphatic heterocycles. The summed E-state index contributed by atoms with van der Waals surface area (Å²) in [5.41, 5.74) is 0.467. The molecule has 0 atom stereocenters. The third-order valence-corrected chi connectivity index (χ3v) is 3.39. The first kappa shape index (κ1) is 20.2. The summed E-state index contributed by atoms with van der Waals surface area (Å²) in [6.45, 7) is 5.32. The van der Waals surface area contributed by atoms with E-state index in [1.54, 1.807) is 45.0 Å². The van der Waals surface area contributed by atoms with Crippen LogP contribution in [0.1, 0.15) is 36.7 Å². The number of carbonyl (C=O) groups is 2. The molecule has 2 aromatic rings. The van der Waals surface area contributed by atoms with Gasteiger partial charge in [-0.3, -0.25) is 10.1 Å². The normalized spacial score (nSPS) is 10.9. The van der Waals surface area contributed by atoms with Gasteiger partial charge in [0.05, 0.1) is 12.7 Å². The summed E-state index contributed by atoms with van der Waals surface area (Å²) in [5.74, 6) is -0.749. The standard InChI is InChI=1S/C20H22FNO5/c1-20(2,3)27-19(24)22-15-7-5-6-13(10-15)12-26-18-16(25-4)9-8-14(11-23)17(18)21/h5-11H,12H2,1-4H3,(H,22,24). The largest absolute Gasteiger partial charge is 0.493 e. The van der Waals surface area contributed by atoms with Gasteiger partial charge in [0.1, 0.15) is 12.2 Å². The van der Waals surface area contributed by atoms with Crippen LogP contribution in [0.4, 0.5) is 14.9 Å². The number of nitrogens with one attached hydrogen (secondary N) is 1. The zero-order valence-corrected chi connectivity index (χ0v) is 15.7. The summed E-state index contributed by atoms with van der Waals surface area (Å²) in [5, 5.41) is 2.63. The van der Waals surface area contributed by atoms with Crippen LogP contribution >= 0.6 is 0 Å². The molecule has 27 heavy (non-hydrogen) atoms. The molecular weight excluding hydrogens is 353 g/mol. The number of methoxy groups -OCH3 is 1. The number of hydrogen-bond acceptors (Lipinski definition) is 5. The number of aldehydes is 1. The predicted molar refractivity (Wildman–Crippen MR) is 99.0 cm³/mol. The molecule has 0 aliphatic carbocycles. The van der Waals surface area contributed by atoms with Gasteiger partial charge in [0.15, 0.2) is 23.6 Å². The third-order valence-electron chi connectivity index (χ3n) is 3.39. The van der Waals surface area contributed by atoms with Crippen LogP contribution in [0.3, 0.4) is 0 Å². The summed E-state index contributed by atoms with van der Waals surface area (Å²) < 4.78 is 30.1. The van der Waals surface area contributed by atoms with E-state index in [0.29, 0.717) is 17.5 Å². The van der Waals surface area contributed by atoms with Gasteiger partial charge in [-0.2, -0.15) is 0 Å². The Balaban J connectivity index is 2.11. The molecule has 0 radical (unpaired) electrons. The number of halogens is 1. The molecule has 0 saturated carbocycles. The Morgan fingerprint density at radius 1 is 1.22 bits per heavy atom. The fraction of sp³-hybridized carbons (Fsp3) is 0.300. The van der Waals surface area contributed by atoms with Gasteiger partial charge in [-0.1, -0.05) is 12.1 Å². The molecule has 0 saturated heterocycles. The lowest BCUT2D eigenvalue weighted by Gasteiger charge is -2.19. The first-order chi connectivity index (χ1) is 12.7. The smallest absolute Gasteiger partial charge is 0.412 e. The highest BCUT2D eigenvalue weighted by Crippen LogP contribution is 2.32. The van der Waals surface area contributed by atoms with Crippen molar-refractivity contribution in [2.24, 2.45) is 0 Å². The number of amides is 1. The SMILES string of the molecule is COc1ccc(C=O)c(F)c1OCc1cccc(NC(=O)OC(C)(C)C)c1. The van der Waals surface area contributed by atoms with Gasteiger partial charge in [-0.25, -0.2) is 9.18 Å². The van der Waals surface area contributed by atoms with E-state index >= 15 is 0 Å². The van der Waals surface area contributed by atoms with E-state index in [0.717, 1.165) is 0 Å². The van der Waals surface area contributed by atoms with Gasteiger partial charge >= 0.3 is 6.09 Å². The molecule has 6 nitrogen and oxygen atoms in total. The Hall–Kier alpha value is -3.09. The fourth-order valence-electron chi connectivity index (χ4n) is 2.26. The summed E-state index contributed by atoms with van der Waals surface area (Å²) in [6, 6.07) is 9.64. The molecule has 144 valence electrons. The van der Waals surface area contributed by atoms with Crippen molar-refractivity contribution < 1.29 is 28.2 Å². The zero-order valence-electron chi connectivity index (χ0n) is 15.7. The topological polar surface area (TPSA) is 73.9 Å². The van der Waals surface area contributed by atoms with Crippen LogP contribution < -0.4 is 14.8 Å². The summed E-state index contributed by atoms with van der Waals surface area (Å²) in [7, 11) is 1.38. The molecule has 0 aliphatic rings. The maximum Gasteiger partial charge on any atom is 0.412 e. The minimum Gasteiger partial charge on any atom is -0.493 e. The lowest BCUT2D eigenvalue weighted by molar-refractivity contribution is 0.0635. The van der Waals surface area contributed by atoms with Gasteiger partial charge in [-0.15, -0.1) is 0 Å². The lowest BCUT2D eigenvalue weighted by Crippen LogP contribution is -2.27. The first-order valence-corrected chi connectivity index (χ1v) is 8.27. The zero-order chi connectivity index (χ0) is 20.0. The number of benzene rings is 2. The molecule has 1 N–H and O–H groups in total. The molecule has 0 spiro atoms. The van der Waals surface area contributed by atoms with Crippen LogP contribution in [0.5, 0.6) is 11.5 Å². The maximum atomic E-state index is 14.3. The highest BCUT2D eigenvalue weighted by atomic mass is 19.1. The van der Waals surface area contributed by atoms with Crippen molar-refractivity contribution in [1.82, 2.24) is 0 Å². The van der Waals surface area contributed by atoms with Gasteiger partial charge < -0.3 is 14.2 Å². The summed E-state index contributed by atoms with van der Waals surface area (Å²) in [6.07, 6.45) is -0.167. The molecule has 0 bridgehead atoms. The fourth-order valence-corrected chi connectivity index (χ4v) is 2.26. The molecular formula is C20H22FNO5. The Morgan fingerprint density at radius 3 is 2.59 bits per heavy atom. The molecule has 2 rings (SSSR count). The monoisotopic (exact) mass is 375 g/mol. The van der Waals surface area contributed by atoms with Crippen LogP contribution in [0.25, 0.3) is 0 Å². The van der Waals surface area contributed by atoms with E-state index in [1.165, 1.54) is 19.2 Å². The van der Waals surface area contributed by atoms with Crippen molar-refractivity contribution in [2.75, 3.05) is 12.4 Å². The van der Waals surface area contributed by atoms with Gasteiger partial charge in [0.2, 0.25) is 0 Å². The van der Waals surface area contributed by atoms with Crippen LogP contribution in [0, 0.1) is 5.82 Å². The van der Waals surface area contributed by atoms with Gasteiger partial charge in [0, 0.05) is 5.69 Å². The Bertz CT molecular complexity index is 830. The number of carbonyl (C=O) groups excluding carboxylic acids is 2. The lowest BCUT2D eigenvalue weighted by atomic mass is 10.2. The average molecular weight is 375 g/mol. The van der Waals surface area contributed by atoms with E-state index < -0.39 is 17.5 Å². The number of hydrogen-bond donors (Lipinski definition) is 1. The van der Waals surface area contributed by atoms with Gasteiger partial charge in [0.25, 0.3) is 0 Å². The van der Waals surface area contributed by atoms with Crippen molar-refractivity contribution in [3.05, 3.63) is 53.3 Å².